The molecule has 0 spiro atoms. The molecule has 0 bridgehead atoms. The molecular weight excluding hydrogens is 179 g/mol. The van der Waals surface area contributed by atoms with E-state index in [-0.39, 0.29) is 11.7 Å². The molecule has 1 aromatic rings. The average molecular weight is 192 g/mol. The topological polar surface area (TPSA) is 17.1 Å². The molecule has 1 fully saturated rings. The summed E-state index contributed by atoms with van der Waals surface area (Å²) in [5.74, 6) is 0.187. The summed E-state index contributed by atoms with van der Waals surface area (Å²) in [6.45, 7) is 1.50. The van der Waals surface area contributed by atoms with Crippen molar-refractivity contribution in [3.8, 4) is 0 Å². The maximum absolute atomic E-state index is 13.7. The van der Waals surface area contributed by atoms with Gasteiger partial charge in [0.2, 0.25) is 0 Å². The molecule has 1 aromatic carbocycles. The monoisotopic (exact) mass is 192 g/mol. The Hall–Kier alpha value is -1.18. The van der Waals surface area contributed by atoms with E-state index in [4.69, 9.17) is 0 Å². The Kier molecular flexibility index (Phi) is 2.36. The first-order valence-electron chi connectivity index (χ1n) is 4.93. The van der Waals surface area contributed by atoms with Gasteiger partial charge < -0.3 is 0 Å². The molecule has 1 atom stereocenters. The third-order valence-electron chi connectivity index (χ3n) is 2.65. The normalized spacial score (nSPS) is 17.9. The lowest BCUT2D eigenvalue weighted by Crippen LogP contribution is -1.97. The zero-order valence-electron chi connectivity index (χ0n) is 8.16. The van der Waals surface area contributed by atoms with Gasteiger partial charge in [-0.2, -0.15) is 0 Å². The van der Waals surface area contributed by atoms with Gasteiger partial charge in [0.15, 0.2) is 5.78 Å². The second kappa shape index (κ2) is 3.52. The van der Waals surface area contributed by atoms with Crippen molar-refractivity contribution in [1.29, 1.82) is 0 Å². The highest BCUT2D eigenvalue weighted by Crippen LogP contribution is 2.43. The Morgan fingerprint density at radius 1 is 1.50 bits per heavy atom. The number of hydrogen-bond acceptors (Lipinski definition) is 1. The number of rotatable bonds is 3. The number of alkyl halides is 1. The minimum absolute atomic E-state index is 0.00477. The molecule has 0 N–H and O–H groups in total. The van der Waals surface area contributed by atoms with Crippen LogP contribution in [-0.4, -0.2) is 5.78 Å². The molecular formula is C12H13FO. The van der Waals surface area contributed by atoms with Crippen LogP contribution in [0.1, 0.15) is 41.9 Å². The van der Waals surface area contributed by atoms with Crippen molar-refractivity contribution in [2.24, 2.45) is 5.92 Å². The molecule has 1 saturated carbocycles. The summed E-state index contributed by atoms with van der Waals surface area (Å²) in [5, 5.41) is 0. The van der Waals surface area contributed by atoms with E-state index in [0.717, 1.165) is 12.8 Å². The molecule has 2 rings (SSSR count). The summed E-state index contributed by atoms with van der Waals surface area (Å²) in [6, 6.07) is 6.91. The maximum atomic E-state index is 13.7. The van der Waals surface area contributed by atoms with Gasteiger partial charge in [-0.25, -0.2) is 4.39 Å². The summed E-state index contributed by atoms with van der Waals surface area (Å²) in [5.41, 5.74) is 1.26. The van der Waals surface area contributed by atoms with Crippen LogP contribution in [0.2, 0.25) is 0 Å². The molecule has 0 radical (unpaired) electrons. The molecule has 0 saturated heterocycles. The van der Waals surface area contributed by atoms with E-state index in [1.54, 1.807) is 24.3 Å². The predicted octanol–water partition coefficient (Wildman–Crippen LogP) is 3.31. The molecule has 0 aromatic heterocycles. The second-order valence-electron chi connectivity index (χ2n) is 3.92. The van der Waals surface area contributed by atoms with Gasteiger partial charge in [-0.3, -0.25) is 4.79 Å². The van der Waals surface area contributed by atoms with Crippen LogP contribution in [0.3, 0.4) is 0 Å². The average Bonchev–Trinajstić information content (AvgIpc) is 3.00. The van der Waals surface area contributed by atoms with Gasteiger partial charge >= 0.3 is 0 Å². The molecule has 1 aliphatic carbocycles. The molecule has 0 aliphatic heterocycles. The highest BCUT2D eigenvalue weighted by Gasteiger charge is 2.32. The minimum atomic E-state index is -0.880. The fourth-order valence-corrected chi connectivity index (χ4v) is 1.59. The van der Waals surface area contributed by atoms with Crippen LogP contribution >= 0.6 is 0 Å². The van der Waals surface area contributed by atoms with Crippen molar-refractivity contribution >= 4 is 5.78 Å². The van der Waals surface area contributed by atoms with Gasteiger partial charge in [0.1, 0.15) is 6.17 Å². The lowest BCUT2D eigenvalue weighted by atomic mass is 10.0. The lowest BCUT2D eigenvalue weighted by molar-refractivity contribution is 0.101. The van der Waals surface area contributed by atoms with Gasteiger partial charge in [0.05, 0.1) is 0 Å². The maximum Gasteiger partial charge on any atom is 0.159 e. The Bertz CT molecular complexity index is 355. The van der Waals surface area contributed by atoms with Crippen LogP contribution < -0.4 is 0 Å². The molecule has 1 nitrogen and oxygen atoms in total. The summed E-state index contributed by atoms with van der Waals surface area (Å²) in [4.78, 5) is 11.1. The number of carbonyl (C=O) groups is 1. The van der Waals surface area contributed by atoms with Gasteiger partial charge in [-0.1, -0.05) is 18.2 Å². The SMILES string of the molecule is CC(=O)c1cccc(C(F)C2CC2)c1. The fourth-order valence-electron chi connectivity index (χ4n) is 1.59. The lowest BCUT2D eigenvalue weighted by Gasteiger charge is -2.07. The van der Waals surface area contributed by atoms with Crippen LogP contribution in [0, 0.1) is 5.92 Å². The van der Waals surface area contributed by atoms with E-state index >= 15 is 0 Å². The fraction of sp³-hybridized carbons (Fsp3) is 0.417. The van der Waals surface area contributed by atoms with E-state index in [2.05, 4.69) is 0 Å². The minimum Gasteiger partial charge on any atom is -0.295 e. The molecule has 0 heterocycles. The number of hydrogen-bond donors (Lipinski definition) is 0. The summed E-state index contributed by atoms with van der Waals surface area (Å²) >= 11 is 0. The molecule has 0 amide bonds. The number of ketones is 1. The molecule has 1 unspecified atom stereocenters. The van der Waals surface area contributed by atoms with Crippen LogP contribution in [-0.2, 0) is 0 Å². The largest absolute Gasteiger partial charge is 0.295 e. The summed E-state index contributed by atoms with van der Waals surface area (Å²) < 4.78 is 13.7. The Morgan fingerprint density at radius 3 is 2.79 bits per heavy atom. The first-order valence-corrected chi connectivity index (χ1v) is 4.93. The van der Waals surface area contributed by atoms with E-state index in [1.165, 1.54) is 6.92 Å². The highest BCUT2D eigenvalue weighted by atomic mass is 19.1. The molecule has 74 valence electrons. The van der Waals surface area contributed by atoms with Gasteiger partial charge in [0.25, 0.3) is 0 Å². The van der Waals surface area contributed by atoms with Crippen molar-refractivity contribution in [2.75, 3.05) is 0 Å². The van der Waals surface area contributed by atoms with Crippen LogP contribution in [0.25, 0.3) is 0 Å². The predicted molar refractivity (Wildman–Crippen MR) is 53.0 cm³/mol. The number of Topliss-reactive ketones (excluding diaryl/α,β-unsaturated/α-hetero) is 1. The zero-order chi connectivity index (χ0) is 10.1. The first-order chi connectivity index (χ1) is 6.68. The van der Waals surface area contributed by atoms with E-state index in [0.29, 0.717) is 11.1 Å². The zero-order valence-corrected chi connectivity index (χ0v) is 8.16. The Labute approximate surface area is 82.9 Å². The molecule has 14 heavy (non-hydrogen) atoms. The van der Waals surface area contributed by atoms with E-state index < -0.39 is 6.17 Å². The van der Waals surface area contributed by atoms with Gasteiger partial charge in [0, 0.05) is 5.56 Å². The van der Waals surface area contributed by atoms with Crippen molar-refractivity contribution in [3.63, 3.8) is 0 Å². The van der Waals surface area contributed by atoms with Crippen molar-refractivity contribution in [3.05, 3.63) is 35.4 Å². The Balaban J connectivity index is 2.24. The van der Waals surface area contributed by atoms with Crippen LogP contribution in [0.5, 0.6) is 0 Å². The summed E-state index contributed by atoms with van der Waals surface area (Å²) in [6.07, 6.45) is 1.08. The number of benzene rings is 1. The quantitative estimate of drug-likeness (QED) is 0.671. The molecule has 2 heteroatoms. The van der Waals surface area contributed by atoms with Crippen molar-refractivity contribution in [1.82, 2.24) is 0 Å². The first kappa shape index (κ1) is 9.38. The van der Waals surface area contributed by atoms with E-state index in [1.807, 2.05) is 0 Å². The number of carbonyl (C=O) groups excluding carboxylic acids is 1. The second-order valence-corrected chi connectivity index (χ2v) is 3.92. The van der Waals surface area contributed by atoms with Crippen LogP contribution in [0.4, 0.5) is 4.39 Å². The summed E-state index contributed by atoms with van der Waals surface area (Å²) in [7, 11) is 0. The van der Waals surface area contributed by atoms with Gasteiger partial charge in [-0.05, 0) is 37.3 Å². The highest BCUT2D eigenvalue weighted by molar-refractivity contribution is 5.94. The van der Waals surface area contributed by atoms with E-state index in [9.17, 15) is 9.18 Å². The third kappa shape index (κ3) is 1.84. The van der Waals surface area contributed by atoms with Crippen LogP contribution in [0.15, 0.2) is 24.3 Å². The third-order valence-corrected chi connectivity index (χ3v) is 2.65. The Morgan fingerprint density at radius 2 is 2.21 bits per heavy atom. The van der Waals surface area contributed by atoms with Gasteiger partial charge in [-0.15, -0.1) is 0 Å². The van der Waals surface area contributed by atoms with Crippen molar-refractivity contribution in [2.45, 2.75) is 25.9 Å². The standard InChI is InChI=1S/C12H13FO/c1-8(14)10-3-2-4-11(7-10)12(13)9-5-6-9/h2-4,7,9,12H,5-6H2,1H3. The number of halogens is 1. The molecule has 1 aliphatic rings. The smallest absolute Gasteiger partial charge is 0.159 e. The van der Waals surface area contributed by atoms with Crippen molar-refractivity contribution < 1.29 is 9.18 Å².